The number of alkyl halides is 7. The number of carbonyl (C=O) groups excluding carboxylic acids is 1. The highest BCUT2D eigenvalue weighted by molar-refractivity contribution is 7.99. The van der Waals surface area contributed by atoms with E-state index in [9.17, 15) is 35.5 Å². The van der Waals surface area contributed by atoms with Gasteiger partial charge >= 0.3 is 23.1 Å². The Kier molecular flexibility index (Phi) is 5.13. The Balaban J connectivity index is 0. The van der Waals surface area contributed by atoms with Gasteiger partial charge in [-0.1, -0.05) is 11.8 Å². The fourth-order valence-electron chi connectivity index (χ4n) is 0.438. The molecule has 10 heteroatoms. The van der Waals surface area contributed by atoms with Crippen LogP contribution >= 0.6 is 11.8 Å². The van der Waals surface area contributed by atoms with Gasteiger partial charge in [-0.05, 0) is 6.26 Å². The van der Waals surface area contributed by atoms with E-state index in [0.717, 1.165) is 0 Å². The third kappa shape index (κ3) is 3.23. The summed E-state index contributed by atoms with van der Waals surface area (Å²) in [7, 11) is 0. The van der Waals surface area contributed by atoms with Crippen molar-refractivity contribution in [2.75, 3.05) is 6.26 Å². The molecule has 0 saturated heterocycles. The van der Waals surface area contributed by atoms with E-state index in [4.69, 9.17) is 0 Å². The summed E-state index contributed by atoms with van der Waals surface area (Å²) in [4.78, 5) is 9.92. The van der Waals surface area contributed by atoms with Crippen LogP contribution in [0.3, 0.4) is 0 Å². The first kappa shape index (κ1) is 16.9. The molecule has 0 aromatic rings. The number of ketones is 1. The number of hydrogen-bond acceptors (Lipinski definition) is 2. The van der Waals surface area contributed by atoms with Crippen molar-refractivity contribution in [3.63, 3.8) is 0 Å². The Morgan fingerprint density at radius 1 is 1.00 bits per heavy atom. The lowest BCUT2D eigenvalue weighted by Gasteiger charge is -2.23. The maximum atomic E-state index is 12.3. The number of halogens is 7. The smallest absolute Gasteiger partial charge is 0.412 e. The third-order valence-corrected chi connectivity index (χ3v) is 1.93. The average molecular weight is 262 g/mol. The van der Waals surface area contributed by atoms with Crippen molar-refractivity contribution in [1.29, 1.82) is 0 Å². The molecule has 0 aromatic carbocycles. The second-order valence-corrected chi connectivity index (χ2v) is 3.04. The van der Waals surface area contributed by atoms with Gasteiger partial charge in [0.2, 0.25) is 0 Å². The van der Waals surface area contributed by atoms with E-state index in [1.165, 1.54) is 0 Å². The van der Waals surface area contributed by atoms with Crippen LogP contribution in [0, 0.1) is 0 Å². The highest BCUT2D eigenvalue weighted by atomic mass is 32.2. The molecule has 0 spiro atoms. The summed E-state index contributed by atoms with van der Waals surface area (Å²) >= 11 is -0.826. The minimum absolute atomic E-state index is 0. The van der Waals surface area contributed by atoms with Gasteiger partial charge in [-0.3, -0.25) is 4.79 Å². The van der Waals surface area contributed by atoms with Crippen molar-refractivity contribution in [2.45, 2.75) is 17.4 Å². The van der Waals surface area contributed by atoms with E-state index in [1.807, 2.05) is 0 Å². The molecule has 92 valence electrons. The SMILES string of the molecule is CSC(F)(F)C(F)(F)C(=O)C(F)(F)F.O. The molecular formula is C5H5F7O2S. The largest absolute Gasteiger partial charge is 0.456 e. The molecule has 0 heterocycles. The zero-order valence-electron chi connectivity index (χ0n) is 6.96. The molecule has 0 aliphatic rings. The third-order valence-electron chi connectivity index (χ3n) is 1.16. The van der Waals surface area contributed by atoms with Crippen molar-refractivity contribution in [3.8, 4) is 0 Å². The molecule has 0 atom stereocenters. The summed E-state index contributed by atoms with van der Waals surface area (Å²) in [6.07, 6.45) is -5.51. The van der Waals surface area contributed by atoms with Gasteiger partial charge in [0.05, 0.1) is 0 Å². The van der Waals surface area contributed by atoms with Crippen molar-refractivity contribution < 1.29 is 41.0 Å². The molecule has 2 N–H and O–H groups in total. The molecule has 0 radical (unpaired) electrons. The molecule has 0 rings (SSSR count). The van der Waals surface area contributed by atoms with Crippen molar-refractivity contribution in [2.24, 2.45) is 0 Å². The topological polar surface area (TPSA) is 48.6 Å². The predicted octanol–water partition coefficient (Wildman–Crippen LogP) is 1.88. The Labute approximate surface area is 83.1 Å². The van der Waals surface area contributed by atoms with Crippen LogP contribution in [-0.4, -0.2) is 34.9 Å². The lowest BCUT2D eigenvalue weighted by atomic mass is 10.2. The number of carbonyl (C=O) groups is 1. The fraction of sp³-hybridized carbons (Fsp3) is 0.800. The highest BCUT2D eigenvalue weighted by Crippen LogP contribution is 2.45. The Hall–Kier alpha value is -0.510. The van der Waals surface area contributed by atoms with Crippen LogP contribution < -0.4 is 0 Å². The Morgan fingerprint density at radius 2 is 1.33 bits per heavy atom. The summed E-state index contributed by atoms with van der Waals surface area (Å²) in [5.74, 6) is -9.49. The van der Waals surface area contributed by atoms with E-state index in [0.29, 0.717) is 6.26 Å². The fourth-order valence-corrected chi connectivity index (χ4v) is 0.787. The molecule has 0 bridgehead atoms. The molecule has 0 unspecified atom stereocenters. The standard InChI is InChI=1S/C5H3F7OS.H2O/c1-14-5(11,12)3(6,7)2(13)4(8,9)10;/h1H3;1H2. The highest BCUT2D eigenvalue weighted by Gasteiger charge is 2.68. The van der Waals surface area contributed by atoms with Gasteiger partial charge in [-0.2, -0.15) is 30.7 Å². The van der Waals surface area contributed by atoms with E-state index in [-0.39, 0.29) is 5.48 Å². The van der Waals surface area contributed by atoms with Gasteiger partial charge in [-0.15, -0.1) is 0 Å². The summed E-state index contributed by atoms with van der Waals surface area (Å²) in [5.41, 5.74) is 0. The van der Waals surface area contributed by atoms with E-state index in [1.54, 1.807) is 0 Å². The number of rotatable bonds is 3. The normalized spacial score (nSPS) is 13.3. The maximum absolute atomic E-state index is 12.3. The molecule has 2 nitrogen and oxygen atoms in total. The first-order valence-electron chi connectivity index (χ1n) is 2.89. The molecule has 15 heavy (non-hydrogen) atoms. The van der Waals surface area contributed by atoms with Crippen LogP contribution in [0.1, 0.15) is 0 Å². The van der Waals surface area contributed by atoms with Gasteiger partial charge in [0, 0.05) is 0 Å². The van der Waals surface area contributed by atoms with Gasteiger partial charge < -0.3 is 5.48 Å². The minimum atomic E-state index is -5.98. The van der Waals surface area contributed by atoms with Crippen LogP contribution in [0.25, 0.3) is 0 Å². The summed E-state index contributed by atoms with van der Waals surface area (Å²) in [5, 5.41) is -5.07. The lowest BCUT2D eigenvalue weighted by molar-refractivity contribution is -0.218. The van der Waals surface area contributed by atoms with E-state index >= 15 is 0 Å². The molecule has 0 fully saturated rings. The van der Waals surface area contributed by atoms with Crippen LogP contribution in [0.15, 0.2) is 0 Å². The van der Waals surface area contributed by atoms with Crippen LogP contribution in [0.2, 0.25) is 0 Å². The second-order valence-electron chi connectivity index (χ2n) is 2.12. The lowest BCUT2D eigenvalue weighted by Crippen LogP contribution is -2.50. The molecular weight excluding hydrogens is 257 g/mol. The van der Waals surface area contributed by atoms with Crippen LogP contribution in [-0.2, 0) is 4.79 Å². The van der Waals surface area contributed by atoms with Gasteiger partial charge in [0.1, 0.15) is 0 Å². The van der Waals surface area contributed by atoms with E-state index in [2.05, 4.69) is 0 Å². The predicted molar refractivity (Wildman–Crippen MR) is 38.1 cm³/mol. The van der Waals surface area contributed by atoms with Gasteiger partial charge in [0.25, 0.3) is 0 Å². The number of Topliss-reactive ketones (excluding diaryl/α,β-unsaturated/α-hetero) is 1. The number of hydrogen-bond donors (Lipinski definition) is 0. The summed E-state index contributed by atoms with van der Waals surface area (Å²) in [6, 6.07) is 0. The molecule has 0 aromatic heterocycles. The zero-order valence-corrected chi connectivity index (χ0v) is 7.78. The van der Waals surface area contributed by atoms with Gasteiger partial charge in [0.15, 0.2) is 0 Å². The molecule has 0 aliphatic carbocycles. The van der Waals surface area contributed by atoms with Crippen LogP contribution in [0.4, 0.5) is 30.7 Å². The van der Waals surface area contributed by atoms with Crippen molar-refractivity contribution in [3.05, 3.63) is 0 Å². The molecule has 0 aliphatic heterocycles. The number of thioether (sulfide) groups is 1. The van der Waals surface area contributed by atoms with Crippen LogP contribution in [0.5, 0.6) is 0 Å². The minimum Gasteiger partial charge on any atom is -0.412 e. The second kappa shape index (κ2) is 4.56. The zero-order chi connectivity index (χ0) is 11.8. The van der Waals surface area contributed by atoms with E-state index < -0.39 is 34.9 Å². The maximum Gasteiger partial charge on any atom is 0.456 e. The van der Waals surface area contributed by atoms with Crippen molar-refractivity contribution >= 4 is 17.5 Å². The Morgan fingerprint density at radius 3 is 1.53 bits per heavy atom. The average Bonchev–Trinajstić information content (AvgIpc) is 2.01. The first-order chi connectivity index (χ1) is 5.97. The summed E-state index contributed by atoms with van der Waals surface area (Å²) < 4.78 is 83.2. The Bertz CT molecular complexity index is 236. The summed E-state index contributed by atoms with van der Waals surface area (Å²) in [6.45, 7) is 0. The molecule has 0 amide bonds. The van der Waals surface area contributed by atoms with Crippen molar-refractivity contribution in [1.82, 2.24) is 0 Å². The van der Waals surface area contributed by atoms with Gasteiger partial charge in [-0.25, -0.2) is 0 Å². The molecule has 0 saturated carbocycles. The quantitative estimate of drug-likeness (QED) is 0.729. The first-order valence-corrected chi connectivity index (χ1v) is 4.11. The monoisotopic (exact) mass is 262 g/mol.